The van der Waals surface area contributed by atoms with E-state index in [1.165, 1.54) is 25.8 Å². The topological polar surface area (TPSA) is 36.9 Å². The van der Waals surface area contributed by atoms with Crippen LogP contribution in [-0.2, 0) is 6.54 Å². The average molecular weight is 238 g/mol. The molecule has 5 heteroatoms. The van der Waals surface area contributed by atoms with E-state index in [-0.39, 0.29) is 0 Å². The fraction of sp³-hybridized carbons (Fsp3) is 0.818. The Morgan fingerprint density at radius 1 is 1.50 bits per heavy atom. The first-order valence-electron chi connectivity index (χ1n) is 6.21. The fourth-order valence-electron chi connectivity index (χ4n) is 3.12. The largest absolute Gasteiger partial charge is 0.338 e. The van der Waals surface area contributed by atoms with E-state index in [0.717, 1.165) is 29.6 Å². The first-order chi connectivity index (χ1) is 7.79. The molecule has 4 nitrogen and oxygen atoms in total. The monoisotopic (exact) mass is 238 g/mol. The number of hydrogen-bond donors (Lipinski definition) is 1. The highest BCUT2D eigenvalue weighted by Crippen LogP contribution is 2.39. The maximum Gasteiger partial charge on any atom is 0.225 e. The van der Waals surface area contributed by atoms with E-state index >= 15 is 0 Å². The molecular weight excluding hydrogens is 220 g/mol. The average Bonchev–Trinajstić information content (AvgIpc) is 2.95. The van der Waals surface area contributed by atoms with Crippen molar-refractivity contribution in [1.29, 1.82) is 0 Å². The predicted molar refractivity (Wildman–Crippen MR) is 66.2 cm³/mol. The Morgan fingerprint density at radius 3 is 3.00 bits per heavy atom. The number of rotatable bonds is 3. The number of nitrogens with one attached hydrogen (secondary N) is 1. The highest BCUT2D eigenvalue weighted by atomic mass is 32.1. The summed E-state index contributed by atoms with van der Waals surface area (Å²) in [6.07, 6.45) is 5.19. The van der Waals surface area contributed by atoms with Gasteiger partial charge in [-0.3, -0.25) is 4.57 Å². The second kappa shape index (κ2) is 3.87. The van der Waals surface area contributed by atoms with Gasteiger partial charge in [0.2, 0.25) is 5.95 Å². The van der Waals surface area contributed by atoms with E-state index in [2.05, 4.69) is 26.6 Å². The maximum atomic E-state index is 5.28. The molecule has 0 amide bonds. The van der Waals surface area contributed by atoms with E-state index in [1.54, 1.807) is 0 Å². The zero-order valence-corrected chi connectivity index (χ0v) is 10.5. The lowest BCUT2D eigenvalue weighted by Crippen LogP contribution is -2.34. The van der Waals surface area contributed by atoms with Crippen molar-refractivity contribution < 1.29 is 0 Å². The van der Waals surface area contributed by atoms with Gasteiger partial charge in [-0.25, -0.2) is 5.10 Å². The molecule has 2 fully saturated rings. The molecular formula is C11H18N4S. The second-order valence-corrected chi connectivity index (χ2v) is 5.35. The van der Waals surface area contributed by atoms with Gasteiger partial charge < -0.3 is 4.90 Å². The van der Waals surface area contributed by atoms with E-state index in [1.807, 2.05) is 0 Å². The summed E-state index contributed by atoms with van der Waals surface area (Å²) in [5.74, 6) is 1.96. The molecule has 3 rings (SSSR count). The molecule has 0 spiro atoms. The smallest absolute Gasteiger partial charge is 0.225 e. The first-order valence-corrected chi connectivity index (χ1v) is 6.62. The third-order valence-electron chi connectivity index (χ3n) is 3.85. The van der Waals surface area contributed by atoms with Crippen LogP contribution in [0.5, 0.6) is 0 Å². The summed E-state index contributed by atoms with van der Waals surface area (Å²) in [5.41, 5.74) is 0. The Morgan fingerprint density at radius 2 is 2.38 bits per heavy atom. The van der Waals surface area contributed by atoms with Gasteiger partial charge in [0.15, 0.2) is 4.77 Å². The Hall–Kier alpha value is -0.840. The van der Waals surface area contributed by atoms with Gasteiger partial charge in [0.25, 0.3) is 0 Å². The molecule has 1 aromatic rings. The van der Waals surface area contributed by atoms with Crippen molar-refractivity contribution in [3.8, 4) is 0 Å². The number of fused-ring (bicyclic) bond motifs is 2. The van der Waals surface area contributed by atoms with Gasteiger partial charge in [-0.15, -0.1) is 5.10 Å². The Labute approximate surface area is 101 Å². The minimum atomic E-state index is 0.714. The van der Waals surface area contributed by atoms with Crippen LogP contribution in [0.4, 0.5) is 5.95 Å². The van der Waals surface area contributed by atoms with E-state index < -0.39 is 0 Å². The number of anilines is 1. The molecule has 2 aliphatic rings. The van der Waals surface area contributed by atoms with E-state index in [4.69, 9.17) is 12.2 Å². The van der Waals surface area contributed by atoms with Crippen LogP contribution in [0, 0.1) is 10.7 Å². The minimum Gasteiger partial charge on any atom is -0.338 e. The lowest BCUT2D eigenvalue weighted by atomic mass is 10.1. The SMILES string of the molecule is CCCn1c(N2CC3CCC2C3)n[nH]c1=S. The van der Waals surface area contributed by atoms with Crippen molar-refractivity contribution in [2.45, 2.75) is 45.2 Å². The number of H-pyrrole nitrogens is 1. The summed E-state index contributed by atoms with van der Waals surface area (Å²) < 4.78 is 2.91. The highest BCUT2D eigenvalue weighted by molar-refractivity contribution is 7.71. The summed E-state index contributed by atoms with van der Waals surface area (Å²) in [6, 6.07) is 0.714. The van der Waals surface area contributed by atoms with Gasteiger partial charge >= 0.3 is 0 Å². The number of hydrogen-bond acceptors (Lipinski definition) is 3. The summed E-state index contributed by atoms with van der Waals surface area (Å²) in [6.45, 7) is 4.32. The van der Waals surface area contributed by atoms with Crippen LogP contribution >= 0.6 is 12.2 Å². The van der Waals surface area contributed by atoms with Crippen LogP contribution in [0.1, 0.15) is 32.6 Å². The number of piperidine rings is 1. The normalized spacial score (nSPS) is 27.9. The lowest BCUT2D eigenvalue weighted by molar-refractivity contribution is 0.533. The molecule has 2 bridgehead atoms. The molecule has 0 aromatic carbocycles. The summed E-state index contributed by atoms with van der Waals surface area (Å²) in [5, 5.41) is 7.34. The number of aromatic amines is 1. The third-order valence-corrected chi connectivity index (χ3v) is 4.16. The molecule has 2 heterocycles. The molecule has 16 heavy (non-hydrogen) atoms. The van der Waals surface area contributed by atoms with Crippen LogP contribution in [0.3, 0.4) is 0 Å². The fourth-order valence-corrected chi connectivity index (χ4v) is 3.34. The minimum absolute atomic E-state index is 0.714. The standard InChI is InChI=1S/C11H18N4S/c1-2-5-14-10(12-13-11(14)16)15-7-8-3-4-9(15)6-8/h8-9H,2-7H2,1H3,(H,13,16). The molecule has 2 atom stereocenters. The quantitative estimate of drug-likeness (QED) is 0.821. The molecule has 1 saturated heterocycles. The lowest BCUT2D eigenvalue weighted by Gasteiger charge is -2.27. The van der Waals surface area contributed by atoms with Crippen LogP contribution in [0.25, 0.3) is 0 Å². The molecule has 1 aliphatic heterocycles. The molecule has 1 N–H and O–H groups in total. The van der Waals surface area contributed by atoms with Gasteiger partial charge in [0.1, 0.15) is 0 Å². The molecule has 1 aliphatic carbocycles. The van der Waals surface area contributed by atoms with Gasteiger partial charge in [-0.2, -0.15) is 0 Å². The molecule has 88 valence electrons. The molecule has 2 unspecified atom stereocenters. The second-order valence-electron chi connectivity index (χ2n) is 4.97. The van der Waals surface area contributed by atoms with Gasteiger partial charge in [-0.1, -0.05) is 6.92 Å². The van der Waals surface area contributed by atoms with E-state index in [0.29, 0.717) is 6.04 Å². The molecule has 1 aromatic heterocycles. The van der Waals surface area contributed by atoms with Crippen LogP contribution in [-0.4, -0.2) is 27.4 Å². The first kappa shape index (κ1) is 10.3. The Bertz CT molecular complexity index is 435. The van der Waals surface area contributed by atoms with Crippen molar-refractivity contribution in [3.63, 3.8) is 0 Å². The van der Waals surface area contributed by atoms with Crippen molar-refractivity contribution in [2.75, 3.05) is 11.4 Å². The van der Waals surface area contributed by atoms with Gasteiger partial charge in [0.05, 0.1) is 0 Å². The van der Waals surface area contributed by atoms with Crippen molar-refractivity contribution in [3.05, 3.63) is 4.77 Å². The van der Waals surface area contributed by atoms with Crippen molar-refractivity contribution in [1.82, 2.24) is 14.8 Å². The highest BCUT2D eigenvalue weighted by Gasteiger charge is 2.39. The van der Waals surface area contributed by atoms with Gasteiger partial charge in [-0.05, 0) is 43.8 Å². The zero-order valence-electron chi connectivity index (χ0n) is 9.65. The molecule has 0 radical (unpaired) electrons. The van der Waals surface area contributed by atoms with Gasteiger partial charge in [0, 0.05) is 19.1 Å². The maximum absolute atomic E-state index is 5.28. The van der Waals surface area contributed by atoms with Crippen LogP contribution < -0.4 is 4.90 Å². The predicted octanol–water partition coefficient (Wildman–Crippen LogP) is 2.34. The Kier molecular flexibility index (Phi) is 2.50. The third kappa shape index (κ3) is 1.49. The zero-order chi connectivity index (χ0) is 11.1. The van der Waals surface area contributed by atoms with Crippen molar-refractivity contribution >= 4 is 18.2 Å². The van der Waals surface area contributed by atoms with E-state index in [9.17, 15) is 0 Å². The summed E-state index contributed by atoms with van der Waals surface area (Å²) in [7, 11) is 0. The number of aromatic nitrogens is 3. The van der Waals surface area contributed by atoms with Crippen LogP contribution in [0.15, 0.2) is 0 Å². The molecule has 1 saturated carbocycles. The number of nitrogens with zero attached hydrogens (tertiary/aromatic N) is 3. The van der Waals surface area contributed by atoms with Crippen molar-refractivity contribution in [2.24, 2.45) is 5.92 Å². The Balaban J connectivity index is 1.91. The summed E-state index contributed by atoms with van der Waals surface area (Å²) in [4.78, 5) is 2.45. The van der Waals surface area contributed by atoms with Crippen LogP contribution in [0.2, 0.25) is 0 Å². The summed E-state index contributed by atoms with van der Waals surface area (Å²) >= 11 is 5.28.